The number of amides is 2. The van der Waals surface area contributed by atoms with Crippen molar-refractivity contribution >= 4 is 28.3 Å². The average molecular weight is 312 g/mol. The molecule has 9 heteroatoms. The second-order valence-electron chi connectivity index (χ2n) is 5.21. The van der Waals surface area contributed by atoms with Gasteiger partial charge in [0, 0.05) is 26.1 Å². The van der Waals surface area contributed by atoms with Crippen molar-refractivity contribution in [1.82, 2.24) is 20.4 Å². The molecule has 2 atom stereocenters. The first kappa shape index (κ1) is 15.6. The quantitative estimate of drug-likeness (QED) is 0.679. The molecule has 8 nitrogen and oxygen atoms in total. The van der Waals surface area contributed by atoms with E-state index in [0.717, 1.165) is 6.42 Å². The standard InChI is InChI=1S/C12H20N6O2S/c1-7(19)18-5-8(2-3-9(13)6-18)11(20)15-4-10-16-17-12(14)21-10/h8-9H,2-6,13H2,1H3,(H2,14,17)(H,15,20)/t8-,9+/m1/s1. The molecule has 116 valence electrons. The average Bonchev–Trinajstić information content (AvgIpc) is 2.73. The molecule has 0 aliphatic carbocycles. The minimum absolute atomic E-state index is 0.0537. The molecule has 2 rings (SSSR count). The Labute approximate surface area is 126 Å². The molecule has 0 saturated carbocycles. The van der Waals surface area contributed by atoms with Crippen molar-refractivity contribution in [3.05, 3.63) is 5.01 Å². The smallest absolute Gasteiger partial charge is 0.225 e. The van der Waals surface area contributed by atoms with E-state index in [1.807, 2.05) is 0 Å². The Balaban J connectivity index is 1.92. The lowest BCUT2D eigenvalue weighted by atomic mass is 10.0. The Bertz CT molecular complexity index is 520. The summed E-state index contributed by atoms with van der Waals surface area (Å²) in [7, 11) is 0. The number of nitrogens with two attached hydrogens (primary N) is 2. The summed E-state index contributed by atoms with van der Waals surface area (Å²) in [5.41, 5.74) is 11.4. The Hall–Kier alpha value is -1.74. The second-order valence-corrected chi connectivity index (χ2v) is 6.30. The Morgan fingerprint density at radius 1 is 1.38 bits per heavy atom. The maximum absolute atomic E-state index is 12.2. The van der Waals surface area contributed by atoms with Gasteiger partial charge in [0.2, 0.25) is 16.9 Å². The molecular weight excluding hydrogens is 292 g/mol. The van der Waals surface area contributed by atoms with Gasteiger partial charge in [-0.3, -0.25) is 9.59 Å². The summed E-state index contributed by atoms with van der Waals surface area (Å²) in [6.07, 6.45) is 1.41. The monoisotopic (exact) mass is 312 g/mol. The Morgan fingerprint density at radius 3 is 2.76 bits per heavy atom. The fourth-order valence-corrected chi connectivity index (χ4v) is 2.89. The van der Waals surface area contributed by atoms with Crippen LogP contribution in [-0.4, -0.2) is 46.0 Å². The molecule has 1 aromatic heterocycles. The lowest BCUT2D eigenvalue weighted by molar-refractivity contribution is -0.131. The second kappa shape index (κ2) is 6.81. The van der Waals surface area contributed by atoms with Crippen LogP contribution in [-0.2, 0) is 16.1 Å². The van der Waals surface area contributed by atoms with E-state index in [0.29, 0.717) is 36.2 Å². The van der Waals surface area contributed by atoms with Crippen LogP contribution in [0.4, 0.5) is 5.13 Å². The Kier molecular flexibility index (Phi) is 5.07. The third kappa shape index (κ3) is 4.36. The first-order valence-corrected chi connectivity index (χ1v) is 7.64. The van der Waals surface area contributed by atoms with Crippen molar-refractivity contribution in [3.8, 4) is 0 Å². The number of carbonyl (C=O) groups is 2. The summed E-state index contributed by atoms with van der Waals surface area (Å²) in [5.74, 6) is -0.390. The summed E-state index contributed by atoms with van der Waals surface area (Å²) in [5, 5.41) is 11.4. The number of carbonyl (C=O) groups excluding carboxylic acids is 2. The van der Waals surface area contributed by atoms with Gasteiger partial charge in [0.05, 0.1) is 12.5 Å². The van der Waals surface area contributed by atoms with Gasteiger partial charge in [-0.2, -0.15) is 0 Å². The van der Waals surface area contributed by atoms with E-state index in [-0.39, 0.29) is 23.8 Å². The number of hydrogen-bond donors (Lipinski definition) is 3. The highest BCUT2D eigenvalue weighted by atomic mass is 32.1. The number of hydrogen-bond acceptors (Lipinski definition) is 7. The van der Waals surface area contributed by atoms with Crippen molar-refractivity contribution in [1.29, 1.82) is 0 Å². The number of rotatable bonds is 3. The number of nitrogens with one attached hydrogen (secondary N) is 1. The van der Waals surface area contributed by atoms with Crippen LogP contribution in [0.3, 0.4) is 0 Å². The van der Waals surface area contributed by atoms with Gasteiger partial charge in [-0.1, -0.05) is 11.3 Å². The summed E-state index contributed by atoms with van der Waals surface area (Å²) in [6.45, 7) is 2.71. The normalized spacial score (nSPS) is 22.7. The van der Waals surface area contributed by atoms with E-state index in [9.17, 15) is 9.59 Å². The van der Waals surface area contributed by atoms with Crippen LogP contribution in [0.15, 0.2) is 0 Å². The largest absolute Gasteiger partial charge is 0.374 e. The van der Waals surface area contributed by atoms with Crippen LogP contribution >= 0.6 is 11.3 Å². The third-order valence-electron chi connectivity index (χ3n) is 3.49. The van der Waals surface area contributed by atoms with Gasteiger partial charge in [0.15, 0.2) is 0 Å². The molecule has 1 aliphatic rings. The summed E-state index contributed by atoms with van der Waals surface area (Å²) in [4.78, 5) is 25.4. The molecule has 1 aliphatic heterocycles. The fourth-order valence-electron chi connectivity index (χ4n) is 2.34. The molecule has 0 aromatic carbocycles. The first-order valence-electron chi connectivity index (χ1n) is 6.82. The lowest BCUT2D eigenvalue weighted by Crippen LogP contribution is -2.42. The molecular formula is C12H20N6O2S. The number of nitrogens with zero attached hydrogens (tertiary/aromatic N) is 3. The van der Waals surface area contributed by atoms with Gasteiger partial charge in [-0.15, -0.1) is 10.2 Å². The lowest BCUT2D eigenvalue weighted by Gasteiger charge is -2.23. The molecule has 1 saturated heterocycles. The zero-order valence-electron chi connectivity index (χ0n) is 11.9. The maximum atomic E-state index is 12.2. The predicted octanol–water partition coefficient (Wildman–Crippen LogP) is -0.678. The van der Waals surface area contributed by atoms with Crippen LogP contribution in [0.25, 0.3) is 0 Å². The van der Waals surface area contributed by atoms with Gasteiger partial charge < -0.3 is 21.7 Å². The van der Waals surface area contributed by atoms with Crippen molar-refractivity contribution in [2.24, 2.45) is 11.7 Å². The first-order chi connectivity index (χ1) is 9.95. The Morgan fingerprint density at radius 2 is 2.14 bits per heavy atom. The van der Waals surface area contributed by atoms with E-state index in [1.54, 1.807) is 4.90 Å². The highest BCUT2D eigenvalue weighted by Gasteiger charge is 2.28. The molecule has 0 spiro atoms. The van der Waals surface area contributed by atoms with Crippen molar-refractivity contribution < 1.29 is 9.59 Å². The molecule has 0 bridgehead atoms. The van der Waals surface area contributed by atoms with Crippen LogP contribution < -0.4 is 16.8 Å². The molecule has 21 heavy (non-hydrogen) atoms. The summed E-state index contributed by atoms with van der Waals surface area (Å²) in [6, 6.07) is -0.0744. The highest BCUT2D eigenvalue weighted by molar-refractivity contribution is 7.15. The van der Waals surface area contributed by atoms with E-state index < -0.39 is 0 Å². The number of likely N-dealkylation sites (tertiary alicyclic amines) is 1. The molecule has 5 N–H and O–H groups in total. The van der Waals surface area contributed by atoms with E-state index in [4.69, 9.17) is 11.5 Å². The highest BCUT2D eigenvalue weighted by Crippen LogP contribution is 2.17. The van der Waals surface area contributed by atoms with Crippen LogP contribution in [0.2, 0.25) is 0 Å². The van der Waals surface area contributed by atoms with Gasteiger partial charge in [-0.05, 0) is 12.8 Å². The van der Waals surface area contributed by atoms with Crippen molar-refractivity contribution in [2.75, 3.05) is 18.8 Å². The molecule has 2 heterocycles. The molecule has 2 amide bonds. The van der Waals surface area contributed by atoms with Crippen LogP contribution in [0.1, 0.15) is 24.8 Å². The predicted molar refractivity (Wildman–Crippen MR) is 79.1 cm³/mol. The number of aromatic nitrogens is 2. The van der Waals surface area contributed by atoms with Crippen LogP contribution in [0.5, 0.6) is 0 Å². The zero-order chi connectivity index (χ0) is 15.4. The minimum Gasteiger partial charge on any atom is -0.374 e. The fraction of sp³-hybridized carbons (Fsp3) is 0.667. The van der Waals surface area contributed by atoms with Crippen molar-refractivity contribution in [3.63, 3.8) is 0 Å². The molecule has 0 unspecified atom stereocenters. The van der Waals surface area contributed by atoms with Gasteiger partial charge >= 0.3 is 0 Å². The van der Waals surface area contributed by atoms with E-state index in [2.05, 4.69) is 15.5 Å². The summed E-state index contributed by atoms with van der Waals surface area (Å²) < 4.78 is 0. The summed E-state index contributed by atoms with van der Waals surface area (Å²) >= 11 is 1.24. The van der Waals surface area contributed by atoms with E-state index in [1.165, 1.54) is 18.3 Å². The van der Waals surface area contributed by atoms with Gasteiger partial charge in [0.25, 0.3) is 0 Å². The van der Waals surface area contributed by atoms with Crippen LogP contribution in [0, 0.1) is 5.92 Å². The van der Waals surface area contributed by atoms with Crippen molar-refractivity contribution in [2.45, 2.75) is 32.4 Å². The van der Waals surface area contributed by atoms with Gasteiger partial charge in [-0.25, -0.2) is 0 Å². The topological polar surface area (TPSA) is 127 Å². The SMILES string of the molecule is CC(=O)N1C[C@@H](N)CC[C@@H](C(=O)NCc2nnc(N)s2)C1. The number of nitrogen functional groups attached to an aromatic ring is 1. The minimum atomic E-state index is -0.243. The molecule has 0 radical (unpaired) electrons. The molecule has 1 aromatic rings. The van der Waals surface area contributed by atoms with Gasteiger partial charge in [0.1, 0.15) is 5.01 Å². The number of anilines is 1. The molecule has 1 fully saturated rings. The van der Waals surface area contributed by atoms with E-state index >= 15 is 0 Å². The zero-order valence-corrected chi connectivity index (χ0v) is 12.7. The maximum Gasteiger partial charge on any atom is 0.225 e. The third-order valence-corrected chi connectivity index (χ3v) is 4.25.